The zero-order valence-electron chi connectivity index (χ0n) is 15.3. The number of hydrogen-bond acceptors (Lipinski definition) is 4. The van der Waals surface area contributed by atoms with E-state index in [2.05, 4.69) is 15.7 Å². The Morgan fingerprint density at radius 2 is 1.92 bits per heavy atom. The molecule has 0 aliphatic rings. The van der Waals surface area contributed by atoms with Crippen molar-refractivity contribution in [2.45, 2.75) is 13.8 Å². The van der Waals surface area contributed by atoms with E-state index in [0.717, 1.165) is 22.6 Å². The lowest BCUT2D eigenvalue weighted by Crippen LogP contribution is -2.37. The number of nitrogens with one attached hydrogen (secondary N) is 2. The minimum absolute atomic E-state index is 0.0753. The maximum Gasteiger partial charge on any atom is 0.244 e. The van der Waals surface area contributed by atoms with Gasteiger partial charge in [-0.3, -0.25) is 9.59 Å². The summed E-state index contributed by atoms with van der Waals surface area (Å²) in [6.45, 7) is 4.62. The van der Waals surface area contributed by atoms with Crippen molar-refractivity contribution in [1.29, 1.82) is 0 Å². The zero-order chi connectivity index (χ0) is 18.9. The lowest BCUT2D eigenvalue weighted by atomic mass is 10.2. The monoisotopic (exact) mass is 356 g/mol. The molecule has 138 valence electrons. The fraction of sp³-hybridized carbons (Fsp3) is 0.316. The molecule has 2 aromatic rings. The topological polar surface area (TPSA) is 85.2 Å². The van der Waals surface area contributed by atoms with E-state index in [0.29, 0.717) is 13.2 Å². The third kappa shape index (κ3) is 5.29. The lowest BCUT2D eigenvalue weighted by molar-refractivity contribution is -0.124. The summed E-state index contributed by atoms with van der Waals surface area (Å²) in [6.07, 6.45) is 3.13. The molecule has 0 radical (unpaired) electrons. The Labute approximate surface area is 153 Å². The van der Waals surface area contributed by atoms with Crippen LogP contribution in [0.3, 0.4) is 0 Å². The molecule has 0 spiro atoms. The van der Waals surface area contributed by atoms with Crippen molar-refractivity contribution >= 4 is 17.9 Å². The predicted molar refractivity (Wildman–Crippen MR) is 100.0 cm³/mol. The van der Waals surface area contributed by atoms with Crippen molar-refractivity contribution < 1.29 is 14.3 Å². The van der Waals surface area contributed by atoms with Crippen molar-refractivity contribution in [1.82, 2.24) is 20.4 Å². The van der Waals surface area contributed by atoms with Crippen LogP contribution in [0.15, 0.2) is 36.4 Å². The van der Waals surface area contributed by atoms with Crippen LogP contribution < -0.4 is 10.6 Å². The van der Waals surface area contributed by atoms with Crippen LogP contribution in [0.2, 0.25) is 0 Å². The van der Waals surface area contributed by atoms with Gasteiger partial charge in [0.2, 0.25) is 11.8 Å². The Kier molecular flexibility index (Phi) is 7.11. The molecular weight excluding hydrogens is 332 g/mol. The molecule has 2 amide bonds. The SMILES string of the molecule is COCCNC(=O)CNC(=O)/C=C/c1c(C)nn(-c2ccccc2)c1C. The molecule has 1 heterocycles. The van der Waals surface area contributed by atoms with Crippen LogP contribution in [0.25, 0.3) is 11.8 Å². The molecule has 2 rings (SSSR count). The van der Waals surface area contributed by atoms with Crippen molar-refractivity contribution in [3.63, 3.8) is 0 Å². The Morgan fingerprint density at radius 1 is 1.19 bits per heavy atom. The number of aromatic nitrogens is 2. The molecule has 0 unspecified atom stereocenters. The van der Waals surface area contributed by atoms with E-state index in [4.69, 9.17) is 4.74 Å². The second-order valence-corrected chi connectivity index (χ2v) is 5.73. The maximum atomic E-state index is 11.9. The number of carbonyl (C=O) groups excluding carboxylic acids is 2. The van der Waals surface area contributed by atoms with E-state index in [1.807, 2.05) is 48.9 Å². The third-order valence-corrected chi connectivity index (χ3v) is 3.80. The van der Waals surface area contributed by atoms with E-state index < -0.39 is 0 Å². The normalized spacial score (nSPS) is 10.9. The highest BCUT2D eigenvalue weighted by Gasteiger charge is 2.11. The zero-order valence-corrected chi connectivity index (χ0v) is 15.3. The molecule has 26 heavy (non-hydrogen) atoms. The van der Waals surface area contributed by atoms with E-state index in [9.17, 15) is 9.59 Å². The highest BCUT2D eigenvalue weighted by atomic mass is 16.5. The summed E-state index contributed by atoms with van der Waals surface area (Å²) in [4.78, 5) is 23.5. The van der Waals surface area contributed by atoms with Gasteiger partial charge in [0.15, 0.2) is 0 Å². The summed E-state index contributed by atoms with van der Waals surface area (Å²) in [5, 5.41) is 9.72. The second-order valence-electron chi connectivity index (χ2n) is 5.73. The quantitative estimate of drug-likeness (QED) is 0.553. The predicted octanol–water partition coefficient (Wildman–Crippen LogP) is 1.38. The summed E-state index contributed by atoms with van der Waals surface area (Å²) < 4.78 is 6.68. The van der Waals surface area contributed by atoms with Gasteiger partial charge in [-0.15, -0.1) is 0 Å². The summed E-state index contributed by atoms with van der Waals surface area (Å²) in [5.74, 6) is -0.591. The molecule has 0 saturated heterocycles. The van der Waals surface area contributed by atoms with Gasteiger partial charge in [0.05, 0.1) is 24.5 Å². The van der Waals surface area contributed by atoms with E-state index in [1.165, 1.54) is 6.08 Å². The van der Waals surface area contributed by atoms with Crippen molar-refractivity contribution in [3.05, 3.63) is 53.4 Å². The van der Waals surface area contributed by atoms with Gasteiger partial charge in [0.1, 0.15) is 0 Å². The van der Waals surface area contributed by atoms with E-state index >= 15 is 0 Å². The molecule has 1 aromatic carbocycles. The Balaban J connectivity index is 1.97. The van der Waals surface area contributed by atoms with Gasteiger partial charge < -0.3 is 15.4 Å². The number of carbonyl (C=O) groups is 2. The number of ether oxygens (including phenoxy) is 1. The number of amides is 2. The second kappa shape index (κ2) is 9.53. The highest BCUT2D eigenvalue weighted by Crippen LogP contribution is 2.18. The molecule has 0 aliphatic carbocycles. The Bertz CT molecular complexity index is 782. The van der Waals surface area contributed by atoms with Gasteiger partial charge in [-0.2, -0.15) is 5.10 Å². The first-order chi connectivity index (χ1) is 12.5. The van der Waals surface area contributed by atoms with Crippen LogP contribution in [0.5, 0.6) is 0 Å². The van der Waals surface area contributed by atoms with Gasteiger partial charge in [0, 0.05) is 31.0 Å². The Morgan fingerprint density at radius 3 is 2.62 bits per heavy atom. The molecule has 0 saturated carbocycles. The number of hydrogen-bond donors (Lipinski definition) is 2. The first kappa shape index (κ1) is 19.4. The van der Waals surface area contributed by atoms with Gasteiger partial charge in [-0.1, -0.05) is 18.2 Å². The molecule has 0 fully saturated rings. The molecule has 1 aromatic heterocycles. The molecule has 0 aliphatic heterocycles. The third-order valence-electron chi connectivity index (χ3n) is 3.80. The number of methoxy groups -OCH3 is 1. The molecule has 2 N–H and O–H groups in total. The summed E-state index contributed by atoms with van der Waals surface area (Å²) >= 11 is 0. The van der Waals surface area contributed by atoms with Crippen molar-refractivity contribution in [2.75, 3.05) is 26.8 Å². The van der Waals surface area contributed by atoms with Gasteiger partial charge in [-0.25, -0.2) is 4.68 Å². The average Bonchev–Trinajstić information content (AvgIpc) is 2.93. The minimum Gasteiger partial charge on any atom is -0.383 e. The molecule has 7 heteroatoms. The van der Waals surface area contributed by atoms with Gasteiger partial charge in [0.25, 0.3) is 0 Å². The number of nitrogens with zero attached hydrogens (tertiary/aromatic N) is 2. The largest absolute Gasteiger partial charge is 0.383 e. The lowest BCUT2D eigenvalue weighted by Gasteiger charge is -2.05. The van der Waals surface area contributed by atoms with Crippen molar-refractivity contribution in [3.8, 4) is 5.69 Å². The number of para-hydroxylation sites is 1. The molecule has 0 atom stereocenters. The van der Waals surface area contributed by atoms with Crippen LogP contribution in [-0.2, 0) is 14.3 Å². The number of benzene rings is 1. The van der Waals surface area contributed by atoms with Gasteiger partial charge in [-0.05, 0) is 32.1 Å². The first-order valence-corrected chi connectivity index (χ1v) is 8.36. The molecule has 0 bridgehead atoms. The minimum atomic E-state index is -0.335. The standard InChI is InChI=1S/C19H24N4O3/c1-14-17(15(2)23(22-14)16-7-5-4-6-8-16)9-10-18(24)21-13-19(25)20-11-12-26-3/h4-10H,11-13H2,1-3H3,(H,20,25)(H,21,24)/b10-9+. The van der Waals surface area contributed by atoms with Crippen LogP contribution in [0.1, 0.15) is 17.0 Å². The Hall–Kier alpha value is -2.93. The van der Waals surface area contributed by atoms with Gasteiger partial charge >= 0.3 is 0 Å². The molecular formula is C19H24N4O3. The number of rotatable bonds is 8. The first-order valence-electron chi connectivity index (χ1n) is 8.36. The average molecular weight is 356 g/mol. The summed E-state index contributed by atoms with van der Waals surface area (Å²) in [7, 11) is 1.56. The highest BCUT2D eigenvalue weighted by molar-refractivity contribution is 5.94. The fourth-order valence-electron chi connectivity index (χ4n) is 2.46. The van der Waals surface area contributed by atoms with E-state index in [1.54, 1.807) is 13.2 Å². The van der Waals surface area contributed by atoms with Crippen molar-refractivity contribution in [2.24, 2.45) is 0 Å². The fourth-order valence-corrected chi connectivity index (χ4v) is 2.46. The van der Waals surface area contributed by atoms with E-state index in [-0.39, 0.29) is 18.4 Å². The maximum absolute atomic E-state index is 11.9. The summed E-state index contributed by atoms with van der Waals surface area (Å²) in [6, 6.07) is 9.80. The van der Waals surface area contributed by atoms with Crippen LogP contribution in [0.4, 0.5) is 0 Å². The van der Waals surface area contributed by atoms with Crippen LogP contribution in [0, 0.1) is 13.8 Å². The summed E-state index contributed by atoms with van der Waals surface area (Å²) in [5.41, 5.74) is 3.61. The van der Waals surface area contributed by atoms with Crippen LogP contribution in [-0.4, -0.2) is 48.4 Å². The smallest absolute Gasteiger partial charge is 0.244 e. The molecule has 7 nitrogen and oxygen atoms in total. The van der Waals surface area contributed by atoms with Crippen LogP contribution >= 0.6 is 0 Å². The number of aryl methyl sites for hydroxylation is 1.